The Bertz CT molecular complexity index is 989. The molecular formula is C23H29FN2O4S. The molecule has 0 aromatic heterocycles. The molecule has 1 N–H and O–H groups in total. The summed E-state index contributed by atoms with van der Waals surface area (Å²) >= 11 is 0. The molecule has 0 spiro atoms. The number of halogens is 1. The second kappa shape index (κ2) is 10.7. The number of carbonyl (C=O) groups excluding carboxylic acids is 1. The van der Waals surface area contributed by atoms with Gasteiger partial charge in [0.15, 0.2) is 0 Å². The van der Waals surface area contributed by atoms with Gasteiger partial charge in [-0.15, -0.1) is 0 Å². The predicted octanol–water partition coefficient (Wildman–Crippen LogP) is 3.72. The fourth-order valence-corrected chi connectivity index (χ4v) is 5.25. The molecule has 1 amide bonds. The maximum atomic E-state index is 13.4. The van der Waals surface area contributed by atoms with Crippen LogP contribution in [0.3, 0.4) is 0 Å². The van der Waals surface area contributed by atoms with Crippen molar-refractivity contribution < 1.29 is 22.3 Å². The molecule has 0 atom stereocenters. The normalized spacial score (nSPS) is 15.5. The number of sulfonamides is 1. The lowest BCUT2D eigenvalue weighted by Gasteiger charge is -2.31. The van der Waals surface area contributed by atoms with E-state index in [-0.39, 0.29) is 10.8 Å². The molecule has 0 aliphatic carbocycles. The van der Waals surface area contributed by atoms with E-state index in [1.807, 2.05) is 31.2 Å². The molecule has 3 rings (SSSR count). The van der Waals surface area contributed by atoms with E-state index in [9.17, 15) is 17.6 Å². The van der Waals surface area contributed by atoms with E-state index >= 15 is 0 Å². The molecule has 0 bridgehead atoms. The average Bonchev–Trinajstić information content (AvgIpc) is 2.77. The summed E-state index contributed by atoms with van der Waals surface area (Å²) < 4.78 is 45.6. The van der Waals surface area contributed by atoms with Gasteiger partial charge in [0.05, 0.1) is 11.5 Å². The molecule has 31 heavy (non-hydrogen) atoms. The van der Waals surface area contributed by atoms with Gasteiger partial charge < -0.3 is 10.1 Å². The van der Waals surface area contributed by atoms with Gasteiger partial charge in [0.2, 0.25) is 15.9 Å². The smallest absolute Gasteiger partial charge is 0.243 e. The van der Waals surface area contributed by atoms with Crippen LogP contribution in [0.5, 0.6) is 5.75 Å². The first-order chi connectivity index (χ1) is 14.9. The quantitative estimate of drug-likeness (QED) is 0.634. The molecule has 1 fully saturated rings. The van der Waals surface area contributed by atoms with Crippen LogP contribution in [0.25, 0.3) is 0 Å². The van der Waals surface area contributed by atoms with Gasteiger partial charge in [-0.05, 0) is 68.0 Å². The first kappa shape index (κ1) is 23.2. The number of benzene rings is 2. The fourth-order valence-electron chi connectivity index (χ4n) is 3.75. The average molecular weight is 449 g/mol. The zero-order valence-corrected chi connectivity index (χ0v) is 18.5. The molecule has 8 heteroatoms. The molecule has 1 saturated heterocycles. The van der Waals surface area contributed by atoms with E-state index in [0.29, 0.717) is 51.4 Å². The number of ether oxygens (including phenoxy) is 1. The molecule has 1 heterocycles. The molecule has 0 radical (unpaired) electrons. The van der Waals surface area contributed by atoms with Crippen molar-refractivity contribution in [1.29, 1.82) is 0 Å². The minimum Gasteiger partial charge on any atom is -0.494 e. The van der Waals surface area contributed by atoms with Crippen LogP contribution in [-0.4, -0.2) is 38.3 Å². The number of nitrogens with zero attached hydrogens (tertiary/aromatic N) is 1. The number of hydrogen-bond donors (Lipinski definition) is 1. The highest BCUT2D eigenvalue weighted by Gasteiger charge is 2.29. The van der Waals surface area contributed by atoms with Crippen LogP contribution in [-0.2, 0) is 21.4 Å². The highest BCUT2D eigenvalue weighted by molar-refractivity contribution is 7.89. The van der Waals surface area contributed by atoms with Gasteiger partial charge in [0, 0.05) is 26.1 Å². The highest BCUT2D eigenvalue weighted by atomic mass is 32.2. The Kier molecular flexibility index (Phi) is 8.03. The van der Waals surface area contributed by atoms with Gasteiger partial charge in [-0.25, -0.2) is 12.8 Å². The van der Waals surface area contributed by atoms with Crippen molar-refractivity contribution in [2.24, 2.45) is 5.92 Å². The van der Waals surface area contributed by atoms with Crippen molar-refractivity contribution in [3.8, 4) is 5.75 Å². The van der Waals surface area contributed by atoms with Gasteiger partial charge in [-0.1, -0.05) is 18.2 Å². The summed E-state index contributed by atoms with van der Waals surface area (Å²) in [6.07, 6.45) is 2.52. The molecule has 1 aliphatic rings. The van der Waals surface area contributed by atoms with Crippen LogP contribution < -0.4 is 10.1 Å². The summed E-state index contributed by atoms with van der Waals surface area (Å²) in [5.41, 5.74) is 0.982. The lowest BCUT2D eigenvalue weighted by Crippen LogP contribution is -2.38. The van der Waals surface area contributed by atoms with Gasteiger partial charge in [-0.3, -0.25) is 4.79 Å². The molecule has 168 valence electrons. The van der Waals surface area contributed by atoms with Crippen molar-refractivity contribution in [2.75, 3.05) is 19.7 Å². The maximum Gasteiger partial charge on any atom is 0.243 e. The SMILES string of the molecule is CCOc1cccc(CNC(=O)CCC2CCN(S(=O)(=O)c3cccc(F)c3)CC2)c1. The van der Waals surface area contributed by atoms with Gasteiger partial charge >= 0.3 is 0 Å². The first-order valence-electron chi connectivity index (χ1n) is 10.6. The summed E-state index contributed by atoms with van der Waals surface area (Å²) in [6, 6.07) is 12.7. The highest BCUT2D eigenvalue weighted by Crippen LogP contribution is 2.26. The predicted molar refractivity (Wildman–Crippen MR) is 117 cm³/mol. The van der Waals surface area contributed by atoms with Crippen molar-refractivity contribution in [1.82, 2.24) is 9.62 Å². The standard InChI is InChI=1S/C23H29FN2O4S/c1-2-30-21-7-3-5-19(15-21)17-25-23(27)10-9-18-11-13-26(14-12-18)31(28,29)22-8-4-6-20(24)16-22/h3-8,15-16,18H,2,9-14,17H2,1H3,(H,25,27). The molecule has 0 saturated carbocycles. The van der Waals surface area contributed by atoms with Crippen LogP contribution in [0.15, 0.2) is 53.4 Å². The fraction of sp³-hybridized carbons (Fsp3) is 0.435. The number of hydrogen-bond acceptors (Lipinski definition) is 4. The largest absolute Gasteiger partial charge is 0.494 e. The van der Waals surface area contributed by atoms with E-state index in [1.165, 1.54) is 22.5 Å². The summed E-state index contributed by atoms with van der Waals surface area (Å²) in [5.74, 6) is 0.503. The number of rotatable bonds is 9. The van der Waals surface area contributed by atoms with Crippen LogP contribution in [0, 0.1) is 11.7 Å². The lowest BCUT2D eigenvalue weighted by molar-refractivity contribution is -0.121. The number of nitrogens with one attached hydrogen (secondary N) is 1. The van der Waals surface area contributed by atoms with Crippen LogP contribution in [0.1, 0.15) is 38.2 Å². The van der Waals surface area contributed by atoms with Crippen LogP contribution >= 0.6 is 0 Å². The monoisotopic (exact) mass is 448 g/mol. The summed E-state index contributed by atoms with van der Waals surface area (Å²) in [7, 11) is -3.68. The van der Waals surface area contributed by atoms with Gasteiger partial charge in [-0.2, -0.15) is 4.31 Å². The van der Waals surface area contributed by atoms with E-state index in [1.54, 1.807) is 0 Å². The van der Waals surface area contributed by atoms with Crippen molar-refractivity contribution >= 4 is 15.9 Å². The maximum absolute atomic E-state index is 13.4. The zero-order chi connectivity index (χ0) is 22.3. The third-order valence-electron chi connectivity index (χ3n) is 5.49. The van der Waals surface area contributed by atoms with Crippen molar-refractivity contribution in [3.63, 3.8) is 0 Å². The third kappa shape index (κ3) is 6.51. The summed E-state index contributed by atoms with van der Waals surface area (Å²) in [5, 5.41) is 2.93. The van der Waals surface area contributed by atoms with E-state index in [0.717, 1.165) is 23.8 Å². The third-order valence-corrected chi connectivity index (χ3v) is 7.38. The topological polar surface area (TPSA) is 75.7 Å². The molecule has 2 aromatic carbocycles. The summed E-state index contributed by atoms with van der Waals surface area (Å²) in [4.78, 5) is 12.2. The van der Waals surface area contributed by atoms with Crippen LogP contribution in [0.4, 0.5) is 4.39 Å². The zero-order valence-electron chi connectivity index (χ0n) is 17.7. The Labute approximate surface area is 183 Å². The Balaban J connectivity index is 1.42. The molecule has 1 aliphatic heterocycles. The minimum atomic E-state index is -3.68. The Morgan fingerprint density at radius 2 is 1.90 bits per heavy atom. The molecule has 6 nitrogen and oxygen atoms in total. The number of amides is 1. The number of piperidine rings is 1. The first-order valence-corrected chi connectivity index (χ1v) is 12.1. The van der Waals surface area contributed by atoms with Crippen molar-refractivity contribution in [3.05, 3.63) is 59.9 Å². The molecule has 2 aromatic rings. The van der Waals surface area contributed by atoms with Crippen LogP contribution in [0.2, 0.25) is 0 Å². The molecule has 0 unspecified atom stereocenters. The Hall–Kier alpha value is -2.45. The van der Waals surface area contributed by atoms with Gasteiger partial charge in [0.25, 0.3) is 0 Å². The minimum absolute atomic E-state index is 0.0151. The second-order valence-electron chi connectivity index (χ2n) is 7.70. The lowest BCUT2D eigenvalue weighted by atomic mass is 9.93. The van der Waals surface area contributed by atoms with Gasteiger partial charge in [0.1, 0.15) is 11.6 Å². The van der Waals surface area contributed by atoms with E-state index < -0.39 is 15.8 Å². The summed E-state index contributed by atoms with van der Waals surface area (Å²) in [6.45, 7) is 3.74. The Morgan fingerprint density at radius 3 is 2.61 bits per heavy atom. The van der Waals surface area contributed by atoms with Crippen molar-refractivity contribution in [2.45, 2.75) is 44.0 Å². The number of carbonyl (C=O) groups is 1. The Morgan fingerprint density at radius 1 is 1.16 bits per heavy atom. The molecular weight excluding hydrogens is 419 g/mol. The van der Waals surface area contributed by atoms with E-state index in [4.69, 9.17) is 4.74 Å². The van der Waals surface area contributed by atoms with E-state index in [2.05, 4.69) is 5.32 Å². The second-order valence-corrected chi connectivity index (χ2v) is 9.64.